The van der Waals surface area contributed by atoms with E-state index in [9.17, 15) is 43.5 Å². The molecule has 2 fully saturated rings. The van der Waals surface area contributed by atoms with Gasteiger partial charge in [-0.3, -0.25) is 28.8 Å². The van der Waals surface area contributed by atoms with E-state index < -0.39 is 102 Å². The quantitative estimate of drug-likeness (QED) is 0.126. The largest absolute Gasteiger partial charge is 0.480 e. The third-order valence-electron chi connectivity index (χ3n) is 8.06. The summed E-state index contributed by atoms with van der Waals surface area (Å²) in [5, 5.41) is 19.1. The van der Waals surface area contributed by atoms with Crippen LogP contribution in [0.3, 0.4) is 0 Å². The lowest BCUT2D eigenvalue weighted by molar-refractivity contribution is -0.152. The molecule has 2 aliphatic rings. The van der Waals surface area contributed by atoms with Crippen LogP contribution in [-0.2, 0) is 43.0 Å². The van der Waals surface area contributed by atoms with Crippen LogP contribution in [-0.4, -0.2) is 106 Å². The van der Waals surface area contributed by atoms with Crippen molar-refractivity contribution in [2.45, 2.75) is 141 Å². The van der Waals surface area contributed by atoms with Crippen molar-refractivity contribution in [3.63, 3.8) is 0 Å². The summed E-state index contributed by atoms with van der Waals surface area (Å²) in [5.41, 5.74) is 4.42. The first kappa shape index (κ1) is 40.7. The van der Waals surface area contributed by atoms with E-state index in [4.69, 9.17) is 15.2 Å². The zero-order valence-corrected chi connectivity index (χ0v) is 29.2. The molecule has 1 aliphatic carbocycles. The van der Waals surface area contributed by atoms with E-state index in [0.29, 0.717) is 19.3 Å². The Morgan fingerprint density at radius 3 is 1.94 bits per heavy atom. The van der Waals surface area contributed by atoms with Crippen LogP contribution in [0.2, 0.25) is 0 Å². The molecule has 1 aliphatic heterocycles. The van der Waals surface area contributed by atoms with Gasteiger partial charge in [0.1, 0.15) is 41.9 Å². The summed E-state index contributed by atoms with van der Waals surface area (Å²) >= 11 is 0. The second kappa shape index (κ2) is 18.4. The molecule has 1 saturated heterocycles. The van der Waals surface area contributed by atoms with Gasteiger partial charge in [-0.05, 0) is 72.1 Å². The standard InChI is InChI=1S/C32H52N6O11/c1-17(2)25(28(43)34-18(3)29(44)38-14-10-13-22(38)30(45)46)37-27(42)20(15-23(33)39)35-26(41)21(36-31(47)49-32(4,5)6)16-24(40)48-19-11-8-7-9-12-19/h17-22,25H,7-16H2,1-6H3,(H2,33,39)(H,34,43)(H,35,41)(H,36,47)(H,37,42)(H,45,46)/t18-,20-,21-,22-,25-/m0/s1. The molecule has 17 heteroatoms. The highest BCUT2D eigenvalue weighted by Gasteiger charge is 2.38. The number of nitrogens with two attached hydrogens (primary N) is 1. The number of likely N-dealkylation sites (tertiary alicyclic amines) is 1. The average Bonchev–Trinajstić information content (AvgIpc) is 3.48. The molecule has 1 saturated carbocycles. The number of nitrogens with zero attached hydrogens (tertiary/aromatic N) is 1. The van der Waals surface area contributed by atoms with E-state index in [1.807, 2.05) is 0 Å². The number of alkyl carbamates (subject to hydrolysis) is 1. The van der Waals surface area contributed by atoms with Crippen molar-refractivity contribution in [2.24, 2.45) is 11.7 Å². The fourth-order valence-electron chi connectivity index (χ4n) is 5.62. The topological polar surface area (TPSA) is 253 Å². The van der Waals surface area contributed by atoms with Gasteiger partial charge in [0.15, 0.2) is 0 Å². The monoisotopic (exact) mass is 696 g/mol. The zero-order chi connectivity index (χ0) is 37.1. The third-order valence-corrected chi connectivity index (χ3v) is 8.06. The first-order valence-electron chi connectivity index (χ1n) is 16.7. The van der Waals surface area contributed by atoms with Crippen molar-refractivity contribution in [2.75, 3.05) is 6.54 Å². The van der Waals surface area contributed by atoms with Crippen LogP contribution < -0.4 is 27.0 Å². The number of hydrogen-bond acceptors (Lipinski definition) is 10. The van der Waals surface area contributed by atoms with Gasteiger partial charge >= 0.3 is 18.0 Å². The number of carboxylic acid groups (broad SMARTS) is 1. The number of carboxylic acids is 1. The van der Waals surface area contributed by atoms with Gasteiger partial charge in [-0.1, -0.05) is 20.3 Å². The zero-order valence-electron chi connectivity index (χ0n) is 29.2. The predicted molar refractivity (Wildman–Crippen MR) is 173 cm³/mol. The van der Waals surface area contributed by atoms with E-state index in [1.54, 1.807) is 34.6 Å². The van der Waals surface area contributed by atoms with Crippen LogP contribution >= 0.6 is 0 Å². The Hall–Kier alpha value is -4.44. The highest BCUT2D eigenvalue weighted by atomic mass is 16.6. The van der Waals surface area contributed by atoms with E-state index in [2.05, 4.69) is 21.3 Å². The Morgan fingerprint density at radius 1 is 0.796 bits per heavy atom. The van der Waals surface area contributed by atoms with Crippen LogP contribution in [0.5, 0.6) is 0 Å². The number of carbonyl (C=O) groups is 8. The molecule has 17 nitrogen and oxygen atoms in total. The first-order valence-corrected chi connectivity index (χ1v) is 16.7. The lowest BCUT2D eigenvalue weighted by Gasteiger charge is -2.29. The molecular formula is C32H52N6O11. The maximum Gasteiger partial charge on any atom is 0.408 e. The van der Waals surface area contributed by atoms with Gasteiger partial charge in [0.2, 0.25) is 29.5 Å². The van der Waals surface area contributed by atoms with Crippen molar-refractivity contribution in [1.82, 2.24) is 26.2 Å². The number of primary amides is 1. The van der Waals surface area contributed by atoms with Gasteiger partial charge in [0.25, 0.3) is 0 Å². The Labute approximate surface area is 286 Å². The molecule has 0 spiro atoms. The second-order valence-electron chi connectivity index (χ2n) is 13.9. The predicted octanol–water partition coefficient (Wildman–Crippen LogP) is 0.227. The molecule has 1 heterocycles. The Kier molecular flexibility index (Phi) is 15.3. The van der Waals surface area contributed by atoms with Gasteiger partial charge in [-0.2, -0.15) is 0 Å². The number of amides is 6. The Balaban J connectivity index is 2.18. The van der Waals surface area contributed by atoms with Gasteiger partial charge in [0.05, 0.1) is 12.8 Å². The molecule has 2 rings (SSSR count). The number of nitrogens with one attached hydrogen (secondary N) is 4. The van der Waals surface area contributed by atoms with Crippen molar-refractivity contribution in [3.05, 3.63) is 0 Å². The molecule has 49 heavy (non-hydrogen) atoms. The molecule has 0 unspecified atom stereocenters. The van der Waals surface area contributed by atoms with Crippen molar-refractivity contribution in [1.29, 1.82) is 0 Å². The summed E-state index contributed by atoms with van der Waals surface area (Å²) in [5.74, 6) is -6.80. The second-order valence-corrected chi connectivity index (χ2v) is 13.9. The van der Waals surface area contributed by atoms with Crippen molar-refractivity contribution in [3.8, 4) is 0 Å². The minimum atomic E-state index is -1.63. The third kappa shape index (κ3) is 13.5. The van der Waals surface area contributed by atoms with Crippen LogP contribution in [0, 0.1) is 5.92 Å². The minimum absolute atomic E-state index is 0.219. The van der Waals surface area contributed by atoms with E-state index in [-0.39, 0.29) is 19.1 Å². The number of aliphatic carboxylic acids is 1. The molecule has 6 amide bonds. The number of hydrogen-bond donors (Lipinski definition) is 6. The van der Waals surface area contributed by atoms with Crippen molar-refractivity contribution < 1.29 is 52.9 Å². The number of carbonyl (C=O) groups excluding carboxylic acids is 7. The summed E-state index contributed by atoms with van der Waals surface area (Å²) in [6, 6.07) is -6.58. The number of ether oxygens (including phenoxy) is 2. The molecular weight excluding hydrogens is 644 g/mol. The maximum atomic E-state index is 13.5. The lowest BCUT2D eigenvalue weighted by atomic mass is 9.98. The highest BCUT2D eigenvalue weighted by molar-refractivity contribution is 5.98. The molecule has 5 atom stereocenters. The molecule has 0 aromatic carbocycles. The van der Waals surface area contributed by atoms with E-state index in [1.165, 1.54) is 11.8 Å². The van der Waals surface area contributed by atoms with Gasteiger partial charge < -0.3 is 46.5 Å². The normalized spacial score (nSPS) is 19.1. The van der Waals surface area contributed by atoms with Crippen LogP contribution in [0.4, 0.5) is 4.79 Å². The molecule has 0 radical (unpaired) electrons. The smallest absolute Gasteiger partial charge is 0.408 e. The summed E-state index contributed by atoms with van der Waals surface area (Å²) < 4.78 is 10.7. The molecule has 0 aromatic heterocycles. The fourth-order valence-corrected chi connectivity index (χ4v) is 5.62. The Bertz CT molecular complexity index is 1240. The molecule has 7 N–H and O–H groups in total. The summed E-state index contributed by atoms with van der Waals surface area (Å²) in [7, 11) is 0. The van der Waals surface area contributed by atoms with Gasteiger partial charge in [-0.15, -0.1) is 0 Å². The molecule has 276 valence electrons. The molecule has 0 bridgehead atoms. The average molecular weight is 697 g/mol. The van der Waals surface area contributed by atoms with Gasteiger partial charge in [0, 0.05) is 6.54 Å². The molecule has 0 aromatic rings. The maximum absolute atomic E-state index is 13.5. The van der Waals surface area contributed by atoms with E-state index in [0.717, 1.165) is 19.3 Å². The number of rotatable bonds is 15. The van der Waals surface area contributed by atoms with Crippen LogP contribution in [0.25, 0.3) is 0 Å². The lowest BCUT2D eigenvalue weighted by Crippen LogP contribution is -2.60. The van der Waals surface area contributed by atoms with Crippen LogP contribution in [0.1, 0.15) is 99.3 Å². The number of esters is 1. The SMILES string of the molecule is CC(C)[C@H](NC(=O)[C@H](CC(N)=O)NC(=O)[C@H](CC(=O)OC1CCCCC1)NC(=O)OC(C)(C)C)C(=O)N[C@@H](C)C(=O)N1CCC[C@H]1C(=O)O. The fraction of sp³-hybridized carbons (Fsp3) is 0.750. The first-order chi connectivity index (χ1) is 22.8. The van der Waals surface area contributed by atoms with Crippen molar-refractivity contribution >= 4 is 47.6 Å². The van der Waals surface area contributed by atoms with Gasteiger partial charge in [-0.25, -0.2) is 9.59 Å². The summed E-state index contributed by atoms with van der Waals surface area (Å²) in [6.45, 7) is 9.63. The summed E-state index contributed by atoms with van der Waals surface area (Å²) in [4.78, 5) is 103. The Morgan fingerprint density at radius 2 is 1.39 bits per heavy atom. The minimum Gasteiger partial charge on any atom is -0.480 e. The van der Waals surface area contributed by atoms with Crippen LogP contribution in [0.15, 0.2) is 0 Å². The summed E-state index contributed by atoms with van der Waals surface area (Å²) in [6.07, 6.45) is 2.27. The van der Waals surface area contributed by atoms with E-state index >= 15 is 0 Å². The highest BCUT2D eigenvalue weighted by Crippen LogP contribution is 2.21.